The van der Waals surface area contributed by atoms with Gasteiger partial charge in [0.2, 0.25) is 5.91 Å². The Morgan fingerprint density at radius 2 is 0.891 bits per heavy atom. The summed E-state index contributed by atoms with van der Waals surface area (Å²) < 4.78 is 23.3. The first kappa shape index (κ1) is 54.5. The van der Waals surface area contributed by atoms with E-state index in [2.05, 4.69) is 19.2 Å². The number of phosphoric acid groups is 1. The van der Waals surface area contributed by atoms with Gasteiger partial charge in [0, 0.05) is 6.42 Å². The fourth-order valence-electron chi connectivity index (χ4n) is 7.28. The van der Waals surface area contributed by atoms with E-state index < -0.39 is 20.0 Å². The normalized spacial score (nSPS) is 14.2. The van der Waals surface area contributed by atoms with Gasteiger partial charge in [0.05, 0.1) is 39.9 Å². The maximum absolute atomic E-state index is 12.8. The molecule has 0 rings (SSSR count). The van der Waals surface area contributed by atoms with Gasteiger partial charge in [-0.2, -0.15) is 0 Å². The number of nitrogens with one attached hydrogen (secondary N) is 1. The van der Waals surface area contributed by atoms with Crippen LogP contribution in [0.15, 0.2) is 0 Å². The minimum absolute atomic E-state index is 0.0161. The van der Waals surface area contributed by atoms with Gasteiger partial charge in [0.15, 0.2) is 0 Å². The number of carbonyl (C=O) groups excluding carboxylic acids is 1. The van der Waals surface area contributed by atoms with E-state index in [1.165, 1.54) is 173 Å². The molecule has 0 aliphatic heterocycles. The number of aliphatic hydroxyl groups is 1. The molecule has 0 saturated heterocycles. The number of rotatable bonds is 44. The molecule has 0 aromatic carbocycles. The van der Waals surface area contributed by atoms with E-state index in [4.69, 9.17) is 9.05 Å². The van der Waals surface area contributed by atoms with Gasteiger partial charge in [-0.3, -0.25) is 9.36 Å². The number of amides is 1. The fourth-order valence-corrected chi connectivity index (χ4v) is 8.00. The molecule has 55 heavy (non-hydrogen) atoms. The number of aliphatic hydroxyl groups excluding tert-OH is 1. The predicted octanol–water partition coefficient (Wildman–Crippen LogP) is 12.7. The van der Waals surface area contributed by atoms with E-state index in [0.717, 1.165) is 38.5 Å². The van der Waals surface area contributed by atoms with Crippen molar-refractivity contribution in [3.05, 3.63) is 0 Å². The van der Waals surface area contributed by atoms with Gasteiger partial charge in [-0.1, -0.05) is 219 Å². The van der Waals surface area contributed by atoms with Gasteiger partial charge in [-0.15, -0.1) is 0 Å². The lowest BCUT2D eigenvalue weighted by molar-refractivity contribution is -0.870. The Labute approximate surface area is 342 Å². The molecule has 1 amide bonds. The van der Waals surface area contributed by atoms with Crippen LogP contribution in [0.1, 0.15) is 239 Å². The average Bonchev–Trinajstić information content (AvgIpc) is 3.13. The summed E-state index contributed by atoms with van der Waals surface area (Å²) in [5, 5.41) is 13.9. The first-order chi connectivity index (χ1) is 26.5. The van der Waals surface area contributed by atoms with Crippen molar-refractivity contribution < 1.29 is 32.9 Å². The first-order valence-corrected chi connectivity index (χ1v) is 25.3. The number of quaternary nitrogens is 1. The lowest BCUT2D eigenvalue weighted by atomic mass is 10.0. The molecule has 3 unspecified atom stereocenters. The lowest BCUT2D eigenvalue weighted by Gasteiger charge is -2.30. The van der Waals surface area contributed by atoms with Crippen molar-refractivity contribution in [2.24, 2.45) is 0 Å². The quantitative estimate of drug-likeness (QED) is 0.0361. The minimum atomic E-state index is -4.56. The van der Waals surface area contributed by atoms with Crippen molar-refractivity contribution in [3.63, 3.8) is 0 Å². The van der Waals surface area contributed by atoms with Gasteiger partial charge in [-0.05, 0) is 12.8 Å². The Balaban J connectivity index is 4.19. The summed E-state index contributed by atoms with van der Waals surface area (Å²) in [6.45, 7) is 4.74. The Morgan fingerprint density at radius 1 is 0.564 bits per heavy atom. The summed E-state index contributed by atoms with van der Waals surface area (Å²) in [6.07, 6.45) is 42.6. The third-order valence-corrected chi connectivity index (χ3v) is 12.1. The third kappa shape index (κ3) is 41.5. The summed E-state index contributed by atoms with van der Waals surface area (Å²) in [5.74, 6) is -0.163. The molecule has 0 saturated carbocycles. The zero-order valence-electron chi connectivity index (χ0n) is 37.4. The topological polar surface area (TPSA) is 108 Å². The summed E-state index contributed by atoms with van der Waals surface area (Å²) in [4.78, 5) is 25.3. The molecule has 330 valence electrons. The Bertz CT molecular complexity index is 870. The van der Waals surface area contributed by atoms with Crippen molar-refractivity contribution >= 4 is 13.7 Å². The molecule has 0 aromatic rings. The highest BCUT2D eigenvalue weighted by atomic mass is 31.2. The van der Waals surface area contributed by atoms with Gasteiger partial charge in [0.25, 0.3) is 7.82 Å². The molecule has 0 radical (unpaired) electrons. The SMILES string of the molecule is CCCCCCCCCCCCCCCCCCCCCCCCC(O)C(COP(=O)([O-])OCC[N+](C)(C)C)NC(=O)CCCCCCCCCCCCC. The highest BCUT2D eigenvalue weighted by Gasteiger charge is 2.24. The van der Waals surface area contributed by atoms with Crippen LogP contribution in [-0.2, 0) is 18.4 Å². The minimum Gasteiger partial charge on any atom is -0.756 e. The van der Waals surface area contributed by atoms with Gasteiger partial charge in [-0.25, -0.2) is 0 Å². The second-order valence-electron chi connectivity index (χ2n) is 17.8. The Morgan fingerprint density at radius 3 is 1.24 bits per heavy atom. The zero-order chi connectivity index (χ0) is 40.7. The van der Waals surface area contributed by atoms with Crippen LogP contribution >= 0.6 is 7.82 Å². The molecule has 0 spiro atoms. The van der Waals surface area contributed by atoms with E-state index in [1.54, 1.807) is 0 Å². The smallest absolute Gasteiger partial charge is 0.268 e. The summed E-state index contributed by atoms with van der Waals surface area (Å²) in [7, 11) is 1.32. The van der Waals surface area contributed by atoms with Crippen molar-refractivity contribution in [2.45, 2.75) is 251 Å². The number of likely N-dealkylation sites (N-methyl/N-ethyl adjacent to an activating group) is 1. The number of carbonyl (C=O) groups is 1. The van der Waals surface area contributed by atoms with Crippen molar-refractivity contribution in [2.75, 3.05) is 40.9 Å². The molecule has 2 N–H and O–H groups in total. The lowest BCUT2D eigenvalue weighted by Crippen LogP contribution is -2.46. The monoisotopic (exact) mass is 803 g/mol. The number of hydrogen-bond donors (Lipinski definition) is 2. The third-order valence-electron chi connectivity index (χ3n) is 11.1. The molecule has 0 heterocycles. The summed E-state index contributed by atoms with van der Waals surface area (Å²) >= 11 is 0. The van der Waals surface area contributed by atoms with Crippen LogP contribution in [0.3, 0.4) is 0 Å². The van der Waals surface area contributed by atoms with Gasteiger partial charge in [0.1, 0.15) is 13.2 Å². The van der Waals surface area contributed by atoms with Crippen LogP contribution in [0.5, 0.6) is 0 Å². The Kier molecular flexibility index (Phi) is 38.6. The molecular formula is C46H95N2O6P. The number of phosphoric ester groups is 1. The number of hydrogen-bond acceptors (Lipinski definition) is 6. The number of nitrogens with zero attached hydrogens (tertiary/aromatic N) is 1. The maximum Gasteiger partial charge on any atom is 0.268 e. The van der Waals surface area contributed by atoms with E-state index in [-0.39, 0.29) is 19.1 Å². The van der Waals surface area contributed by atoms with Crippen LogP contribution in [0, 0.1) is 0 Å². The van der Waals surface area contributed by atoms with Crippen LogP contribution in [0.4, 0.5) is 0 Å². The van der Waals surface area contributed by atoms with Gasteiger partial charge < -0.3 is 28.8 Å². The van der Waals surface area contributed by atoms with E-state index in [9.17, 15) is 19.4 Å². The predicted molar refractivity (Wildman–Crippen MR) is 233 cm³/mol. The summed E-state index contributed by atoms with van der Waals surface area (Å²) in [5.41, 5.74) is 0. The average molecular weight is 803 g/mol. The van der Waals surface area contributed by atoms with E-state index in [0.29, 0.717) is 23.9 Å². The van der Waals surface area contributed by atoms with Crippen LogP contribution < -0.4 is 10.2 Å². The molecule has 8 nitrogen and oxygen atoms in total. The Hall–Kier alpha value is -0.500. The molecule has 3 atom stereocenters. The van der Waals surface area contributed by atoms with Crippen molar-refractivity contribution in [1.82, 2.24) is 5.32 Å². The molecule has 0 aliphatic rings. The highest BCUT2D eigenvalue weighted by Crippen LogP contribution is 2.38. The fraction of sp³-hybridized carbons (Fsp3) is 0.978. The van der Waals surface area contributed by atoms with Crippen molar-refractivity contribution in [1.29, 1.82) is 0 Å². The molecule has 9 heteroatoms. The first-order valence-electron chi connectivity index (χ1n) is 23.9. The number of unbranched alkanes of at least 4 members (excludes halogenated alkanes) is 31. The standard InChI is InChI=1S/C46H95N2O6P/c1-6-8-10-12-14-16-18-19-20-21-22-23-24-25-26-27-28-30-31-33-35-37-39-45(49)44(43-54-55(51,52)53-42-41-48(3,4)5)47-46(50)40-38-36-34-32-29-17-15-13-11-9-7-2/h44-45,49H,6-43H2,1-5H3,(H-,47,50,51,52). The highest BCUT2D eigenvalue weighted by molar-refractivity contribution is 7.45. The van der Waals surface area contributed by atoms with E-state index in [1.807, 2.05) is 21.1 Å². The van der Waals surface area contributed by atoms with Crippen LogP contribution in [-0.4, -0.2) is 68.5 Å². The molecule has 0 aromatic heterocycles. The molecule has 0 fully saturated rings. The van der Waals surface area contributed by atoms with Crippen LogP contribution in [0.2, 0.25) is 0 Å². The van der Waals surface area contributed by atoms with Crippen LogP contribution in [0.25, 0.3) is 0 Å². The second kappa shape index (κ2) is 39.0. The molecule has 0 bridgehead atoms. The second-order valence-corrected chi connectivity index (χ2v) is 19.2. The van der Waals surface area contributed by atoms with E-state index >= 15 is 0 Å². The maximum atomic E-state index is 12.8. The largest absolute Gasteiger partial charge is 0.756 e. The molecule has 0 aliphatic carbocycles. The van der Waals surface area contributed by atoms with Gasteiger partial charge >= 0.3 is 0 Å². The zero-order valence-corrected chi connectivity index (χ0v) is 38.3. The summed E-state index contributed by atoms with van der Waals surface area (Å²) in [6, 6.07) is -0.792. The molecular weight excluding hydrogens is 707 g/mol. The van der Waals surface area contributed by atoms with Crippen molar-refractivity contribution in [3.8, 4) is 0 Å².